The summed E-state index contributed by atoms with van der Waals surface area (Å²) in [5.74, 6) is 3.43. The molecule has 1 saturated heterocycles. The van der Waals surface area contributed by atoms with E-state index in [9.17, 15) is 0 Å². The maximum absolute atomic E-state index is 5.87. The van der Waals surface area contributed by atoms with E-state index in [2.05, 4.69) is 45.6 Å². The van der Waals surface area contributed by atoms with Crippen LogP contribution in [0.2, 0.25) is 0 Å². The van der Waals surface area contributed by atoms with Crippen LogP contribution in [0.4, 0.5) is 5.69 Å². The van der Waals surface area contributed by atoms with Gasteiger partial charge in [0.2, 0.25) is 0 Å². The smallest absolute Gasteiger partial charge is 0.191 e. The zero-order valence-corrected chi connectivity index (χ0v) is 19.7. The van der Waals surface area contributed by atoms with Crippen LogP contribution in [0.5, 0.6) is 17.2 Å². The second-order valence-corrected chi connectivity index (χ2v) is 7.94. The first-order valence-corrected chi connectivity index (χ1v) is 11.3. The van der Waals surface area contributed by atoms with Crippen LogP contribution in [0, 0.1) is 6.92 Å². The molecule has 174 valence electrons. The molecule has 0 radical (unpaired) electrons. The molecular formula is C25H36N4O3. The topological polar surface area (TPSA) is 67.4 Å². The molecule has 0 amide bonds. The van der Waals surface area contributed by atoms with E-state index in [1.165, 1.54) is 0 Å². The number of para-hydroxylation sites is 1. The Balaban J connectivity index is 1.39. The minimum Gasteiger partial charge on any atom is -0.497 e. The number of rotatable bonds is 9. The van der Waals surface area contributed by atoms with Crippen LogP contribution in [-0.4, -0.2) is 59.5 Å². The minimum absolute atomic E-state index is 0.396. The van der Waals surface area contributed by atoms with Crippen LogP contribution in [0.25, 0.3) is 0 Å². The van der Waals surface area contributed by atoms with Gasteiger partial charge in [0.15, 0.2) is 5.96 Å². The summed E-state index contributed by atoms with van der Waals surface area (Å²) in [5, 5.41) is 6.97. The summed E-state index contributed by atoms with van der Waals surface area (Å²) < 4.78 is 16.7. The second kappa shape index (κ2) is 12.1. The molecule has 0 bridgehead atoms. The molecule has 7 nitrogen and oxygen atoms in total. The van der Waals surface area contributed by atoms with Gasteiger partial charge in [-0.3, -0.25) is 4.99 Å². The highest BCUT2D eigenvalue weighted by Crippen LogP contribution is 2.30. The number of methoxy groups -OCH3 is 2. The molecule has 32 heavy (non-hydrogen) atoms. The van der Waals surface area contributed by atoms with Crippen LogP contribution in [0.15, 0.2) is 47.5 Å². The largest absolute Gasteiger partial charge is 0.497 e. The SMILES string of the molecule is CN=C(NCCCOc1ccccc1C)NC1CCN(c2cc(OC)cc(OC)c2)CC1. The number of aliphatic imine (C=N–C) groups is 1. The Kier molecular flexibility index (Phi) is 8.90. The molecule has 2 aromatic rings. The molecule has 1 aliphatic heterocycles. The quantitative estimate of drug-likeness (QED) is 0.353. The zero-order chi connectivity index (χ0) is 22.8. The predicted molar refractivity (Wildman–Crippen MR) is 131 cm³/mol. The van der Waals surface area contributed by atoms with Crippen LogP contribution < -0.4 is 29.7 Å². The summed E-state index contributed by atoms with van der Waals surface area (Å²) in [7, 11) is 5.18. The van der Waals surface area contributed by atoms with Gasteiger partial charge in [-0.25, -0.2) is 0 Å². The molecular weight excluding hydrogens is 404 g/mol. The molecule has 1 aliphatic rings. The molecule has 2 N–H and O–H groups in total. The molecule has 0 aromatic heterocycles. The highest BCUT2D eigenvalue weighted by atomic mass is 16.5. The lowest BCUT2D eigenvalue weighted by Gasteiger charge is -2.34. The first-order valence-electron chi connectivity index (χ1n) is 11.3. The Morgan fingerprint density at radius 2 is 1.75 bits per heavy atom. The van der Waals surface area contributed by atoms with E-state index < -0.39 is 0 Å². The van der Waals surface area contributed by atoms with Crippen LogP contribution >= 0.6 is 0 Å². The summed E-state index contributed by atoms with van der Waals surface area (Å²) in [6, 6.07) is 14.5. The molecule has 0 spiro atoms. The van der Waals surface area contributed by atoms with Gasteiger partial charge in [0.05, 0.1) is 20.8 Å². The van der Waals surface area contributed by atoms with Crippen LogP contribution in [-0.2, 0) is 0 Å². The Labute approximate surface area is 191 Å². The number of piperidine rings is 1. The van der Waals surface area contributed by atoms with Crippen LogP contribution in [0.1, 0.15) is 24.8 Å². The van der Waals surface area contributed by atoms with E-state index >= 15 is 0 Å². The monoisotopic (exact) mass is 440 g/mol. The molecule has 0 unspecified atom stereocenters. The van der Waals surface area contributed by atoms with Crippen molar-refractivity contribution < 1.29 is 14.2 Å². The number of benzene rings is 2. The summed E-state index contributed by atoms with van der Waals surface area (Å²) in [5.41, 5.74) is 2.30. The van der Waals surface area contributed by atoms with Crippen molar-refractivity contribution >= 4 is 11.6 Å². The number of hydrogen-bond donors (Lipinski definition) is 2. The number of hydrogen-bond acceptors (Lipinski definition) is 5. The molecule has 1 heterocycles. The third-order valence-electron chi connectivity index (χ3n) is 5.73. The Hall–Kier alpha value is -3.09. The lowest BCUT2D eigenvalue weighted by atomic mass is 10.0. The number of nitrogens with one attached hydrogen (secondary N) is 2. The van der Waals surface area contributed by atoms with Gasteiger partial charge in [0.1, 0.15) is 17.2 Å². The molecule has 0 saturated carbocycles. The highest BCUT2D eigenvalue weighted by Gasteiger charge is 2.21. The van der Waals surface area contributed by atoms with Crippen molar-refractivity contribution in [2.24, 2.45) is 4.99 Å². The zero-order valence-electron chi connectivity index (χ0n) is 19.7. The van der Waals surface area contributed by atoms with E-state index in [4.69, 9.17) is 14.2 Å². The fourth-order valence-corrected chi connectivity index (χ4v) is 3.82. The van der Waals surface area contributed by atoms with Crippen molar-refractivity contribution in [2.75, 3.05) is 52.4 Å². The van der Waals surface area contributed by atoms with Gasteiger partial charge >= 0.3 is 0 Å². The Morgan fingerprint density at radius 3 is 2.38 bits per heavy atom. The van der Waals surface area contributed by atoms with E-state index in [0.29, 0.717) is 12.6 Å². The van der Waals surface area contributed by atoms with Crippen molar-refractivity contribution in [3.63, 3.8) is 0 Å². The second-order valence-electron chi connectivity index (χ2n) is 7.94. The van der Waals surface area contributed by atoms with Crippen molar-refractivity contribution in [3.05, 3.63) is 48.0 Å². The Morgan fingerprint density at radius 1 is 1.06 bits per heavy atom. The minimum atomic E-state index is 0.396. The molecule has 3 rings (SSSR count). The molecule has 1 fully saturated rings. The summed E-state index contributed by atoms with van der Waals surface area (Å²) in [6.07, 6.45) is 2.98. The van der Waals surface area contributed by atoms with Gasteiger partial charge < -0.3 is 29.7 Å². The first-order chi connectivity index (χ1) is 15.6. The van der Waals surface area contributed by atoms with Crippen molar-refractivity contribution in [1.29, 1.82) is 0 Å². The fourth-order valence-electron chi connectivity index (χ4n) is 3.82. The average Bonchev–Trinajstić information content (AvgIpc) is 2.84. The van der Waals surface area contributed by atoms with Gasteiger partial charge in [-0.15, -0.1) is 0 Å². The maximum Gasteiger partial charge on any atom is 0.191 e. The van der Waals surface area contributed by atoms with Gasteiger partial charge in [-0.1, -0.05) is 18.2 Å². The van der Waals surface area contributed by atoms with E-state index in [1.807, 2.05) is 31.3 Å². The van der Waals surface area contributed by atoms with Gasteiger partial charge in [-0.05, 0) is 37.8 Å². The number of aryl methyl sites for hydroxylation is 1. The lowest BCUT2D eigenvalue weighted by Crippen LogP contribution is -2.49. The number of guanidine groups is 1. The van der Waals surface area contributed by atoms with Gasteiger partial charge in [0.25, 0.3) is 0 Å². The molecule has 0 atom stereocenters. The number of nitrogens with zero attached hydrogens (tertiary/aromatic N) is 2. The predicted octanol–water partition coefficient (Wildman–Crippen LogP) is 3.62. The molecule has 0 aliphatic carbocycles. The third-order valence-corrected chi connectivity index (χ3v) is 5.73. The third kappa shape index (κ3) is 6.70. The fraction of sp³-hybridized carbons (Fsp3) is 0.480. The highest BCUT2D eigenvalue weighted by molar-refractivity contribution is 5.80. The average molecular weight is 441 g/mol. The van der Waals surface area contributed by atoms with Gasteiger partial charge in [-0.2, -0.15) is 0 Å². The molecule has 7 heteroatoms. The summed E-state index contributed by atoms with van der Waals surface area (Å²) in [4.78, 5) is 6.76. The van der Waals surface area contributed by atoms with Crippen molar-refractivity contribution in [2.45, 2.75) is 32.2 Å². The van der Waals surface area contributed by atoms with Crippen molar-refractivity contribution in [1.82, 2.24) is 10.6 Å². The van der Waals surface area contributed by atoms with Crippen molar-refractivity contribution in [3.8, 4) is 17.2 Å². The first kappa shape index (κ1) is 23.6. The number of anilines is 1. The van der Waals surface area contributed by atoms with E-state index in [-0.39, 0.29) is 0 Å². The maximum atomic E-state index is 5.87. The normalized spacial score (nSPS) is 14.8. The summed E-state index contributed by atoms with van der Waals surface area (Å²) >= 11 is 0. The van der Waals surface area contributed by atoms with Crippen LogP contribution in [0.3, 0.4) is 0 Å². The Bertz CT molecular complexity index is 857. The standard InChI is InChI=1S/C25H36N4O3/c1-19-8-5-6-9-24(19)32-15-7-12-27-25(26-2)28-20-10-13-29(14-11-20)21-16-22(30-3)18-23(17-21)31-4/h5-6,8-9,16-18,20H,7,10-15H2,1-4H3,(H2,26,27,28). The van der Waals surface area contributed by atoms with E-state index in [1.54, 1.807) is 14.2 Å². The number of ether oxygens (including phenoxy) is 3. The molecule has 2 aromatic carbocycles. The van der Waals surface area contributed by atoms with Gasteiger partial charge in [0, 0.05) is 56.6 Å². The summed E-state index contributed by atoms with van der Waals surface area (Å²) in [6.45, 7) is 5.49. The lowest BCUT2D eigenvalue weighted by molar-refractivity contribution is 0.309. The van der Waals surface area contributed by atoms with E-state index in [0.717, 1.165) is 73.4 Å².